The number of para-hydroxylation sites is 1. The van der Waals surface area contributed by atoms with Crippen molar-refractivity contribution in [2.24, 2.45) is 0 Å². The first kappa shape index (κ1) is 19.4. The minimum atomic E-state index is -0.417. The van der Waals surface area contributed by atoms with Crippen LogP contribution in [0.2, 0.25) is 5.02 Å². The molecule has 5 nitrogen and oxygen atoms in total. The fourth-order valence-electron chi connectivity index (χ4n) is 2.35. The van der Waals surface area contributed by atoms with Crippen LogP contribution in [0.1, 0.15) is 10.4 Å². The number of carbonyl (C=O) groups is 2. The quantitative estimate of drug-likeness (QED) is 0.629. The number of anilines is 2. The molecule has 3 rings (SSSR count). The molecule has 0 aliphatic heterocycles. The smallest absolute Gasteiger partial charge is 0.262 e. The van der Waals surface area contributed by atoms with Crippen molar-refractivity contribution in [3.63, 3.8) is 0 Å². The molecule has 0 heterocycles. The molecule has 0 spiro atoms. The van der Waals surface area contributed by atoms with Gasteiger partial charge in [0.15, 0.2) is 6.61 Å². The molecule has 0 fully saturated rings. The zero-order valence-electron chi connectivity index (χ0n) is 14.6. The summed E-state index contributed by atoms with van der Waals surface area (Å²) >= 11 is 6.11. The van der Waals surface area contributed by atoms with Crippen molar-refractivity contribution >= 4 is 34.8 Å². The Hall–Kier alpha value is -3.38. The molecule has 0 saturated carbocycles. The monoisotopic (exact) mass is 398 g/mol. The molecule has 0 radical (unpaired) electrons. The summed E-state index contributed by atoms with van der Waals surface area (Å²) in [6, 6.07) is 18.8. The third-order valence-electron chi connectivity index (χ3n) is 3.72. The summed E-state index contributed by atoms with van der Waals surface area (Å²) in [7, 11) is 0. The lowest BCUT2D eigenvalue weighted by atomic mass is 10.1. The standard InChI is InChI=1S/C21H16ClFN2O3/c22-18-11-6-14(21(27)24-16-9-7-15(23)8-10-16)12-19(18)25-20(26)13-28-17-4-2-1-3-5-17/h1-12H,13H2,(H,24,27)(H,25,26). The minimum absolute atomic E-state index is 0.202. The Labute approximate surface area is 166 Å². The minimum Gasteiger partial charge on any atom is -0.484 e. The van der Waals surface area contributed by atoms with E-state index in [9.17, 15) is 14.0 Å². The van der Waals surface area contributed by atoms with E-state index >= 15 is 0 Å². The second-order valence-electron chi connectivity index (χ2n) is 5.81. The van der Waals surface area contributed by atoms with E-state index in [-0.39, 0.29) is 22.9 Å². The number of hydrogen-bond acceptors (Lipinski definition) is 3. The lowest BCUT2D eigenvalue weighted by Crippen LogP contribution is -2.21. The van der Waals surface area contributed by atoms with Crippen molar-refractivity contribution in [1.82, 2.24) is 0 Å². The summed E-state index contributed by atoms with van der Waals surface area (Å²) in [5.74, 6) is -0.662. The number of benzene rings is 3. The van der Waals surface area contributed by atoms with Crippen molar-refractivity contribution in [3.8, 4) is 5.75 Å². The van der Waals surface area contributed by atoms with Gasteiger partial charge in [0, 0.05) is 11.3 Å². The van der Waals surface area contributed by atoms with E-state index < -0.39 is 17.6 Å². The topological polar surface area (TPSA) is 67.4 Å². The van der Waals surface area contributed by atoms with Gasteiger partial charge in [0.25, 0.3) is 11.8 Å². The van der Waals surface area contributed by atoms with Gasteiger partial charge in [0.05, 0.1) is 10.7 Å². The maximum absolute atomic E-state index is 13.0. The van der Waals surface area contributed by atoms with Gasteiger partial charge >= 0.3 is 0 Å². The third kappa shape index (κ3) is 5.31. The Morgan fingerprint density at radius 2 is 1.64 bits per heavy atom. The molecule has 0 atom stereocenters. The first-order valence-corrected chi connectivity index (χ1v) is 8.73. The molecule has 0 aromatic heterocycles. The van der Waals surface area contributed by atoms with E-state index in [4.69, 9.17) is 16.3 Å². The Balaban J connectivity index is 1.64. The molecule has 0 aliphatic rings. The van der Waals surface area contributed by atoms with Gasteiger partial charge < -0.3 is 15.4 Å². The maximum atomic E-state index is 13.0. The molecule has 0 bridgehead atoms. The summed E-state index contributed by atoms with van der Waals surface area (Å²) in [6.07, 6.45) is 0. The summed E-state index contributed by atoms with van der Waals surface area (Å²) in [5.41, 5.74) is 1.02. The molecular weight excluding hydrogens is 383 g/mol. The van der Waals surface area contributed by atoms with E-state index in [1.165, 1.54) is 42.5 Å². The molecule has 0 aliphatic carbocycles. The molecule has 2 amide bonds. The van der Waals surface area contributed by atoms with Gasteiger partial charge in [0.1, 0.15) is 11.6 Å². The van der Waals surface area contributed by atoms with E-state index in [1.807, 2.05) is 6.07 Å². The average molecular weight is 399 g/mol. The first-order chi connectivity index (χ1) is 13.5. The summed E-state index contributed by atoms with van der Waals surface area (Å²) in [5, 5.41) is 5.55. The number of nitrogens with one attached hydrogen (secondary N) is 2. The van der Waals surface area contributed by atoms with Crippen molar-refractivity contribution in [2.45, 2.75) is 0 Å². The highest BCUT2D eigenvalue weighted by atomic mass is 35.5. The first-order valence-electron chi connectivity index (χ1n) is 8.35. The summed E-state index contributed by atoms with van der Waals surface area (Å²) in [6.45, 7) is -0.202. The fourth-order valence-corrected chi connectivity index (χ4v) is 2.52. The highest BCUT2D eigenvalue weighted by Crippen LogP contribution is 2.24. The average Bonchev–Trinajstić information content (AvgIpc) is 2.70. The molecular formula is C21H16ClFN2O3. The molecule has 2 N–H and O–H groups in total. The highest BCUT2D eigenvalue weighted by molar-refractivity contribution is 6.34. The summed E-state index contributed by atoms with van der Waals surface area (Å²) in [4.78, 5) is 24.5. The fraction of sp³-hybridized carbons (Fsp3) is 0.0476. The highest BCUT2D eigenvalue weighted by Gasteiger charge is 2.12. The van der Waals surface area contributed by atoms with Crippen LogP contribution in [0.3, 0.4) is 0 Å². The van der Waals surface area contributed by atoms with Crippen LogP contribution in [-0.4, -0.2) is 18.4 Å². The van der Waals surface area contributed by atoms with Crippen molar-refractivity contribution in [2.75, 3.05) is 17.2 Å². The molecule has 0 unspecified atom stereocenters. The maximum Gasteiger partial charge on any atom is 0.262 e. The van der Waals surface area contributed by atoms with Crippen LogP contribution in [-0.2, 0) is 4.79 Å². The van der Waals surface area contributed by atoms with Crippen molar-refractivity contribution in [3.05, 3.63) is 89.2 Å². The van der Waals surface area contributed by atoms with E-state index in [0.29, 0.717) is 11.4 Å². The number of ether oxygens (including phenoxy) is 1. The molecule has 28 heavy (non-hydrogen) atoms. The number of halogens is 2. The molecule has 7 heteroatoms. The Morgan fingerprint density at radius 3 is 2.36 bits per heavy atom. The van der Waals surface area contributed by atoms with Gasteiger partial charge in [0.2, 0.25) is 0 Å². The number of rotatable bonds is 6. The lowest BCUT2D eigenvalue weighted by Gasteiger charge is -2.11. The van der Waals surface area contributed by atoms with Crippen LogP contribution >= 0.6 is 11.6 Å². The molecule has 0 saturated heterocycles. The zero-order chi connectivity index (χ0) is 19.9. The van der Waals surface area contributed by atoms with Crippen LogP contribution < -0.4 is 15.4 Å². The van der Waals surface area contributed by atoms with Gasteiger partial charge in [-0.05, 0) is 54.6 Å². The normalized spacial score (nSPS) is 10.2. The summed E-state index contributed by atoms with van der Waals surface area (Å²) < 4.78 is 18.3. The van der Waals surface area contributed by atoms with Crippen LogP contribution in [0.5, 0.6) is 5.75 Å². The third-order valence-corrected chi connectivity index (χ3v) is 4.05. The van der Waals surface area contributed by atoms with E-state index in [1.54, 1.807) is 24.3 Å². The second-order valence-corrected chi connectivity index (χ2v) is 6.21. The molecule has 3 aromatic rings. The number of amides is 2. The van der Waals surface area contributed by atoms with Crippen LogP contribution in [0.25, 0.3) is 0 Å². The Morgan fingerprint density at radius 1 is 0.929 bits per heavy atom. The largest absolute Gasteiger partial charge is 0.484 e. The number of carbonyl (C=O) groups excluding carboxylic acids is 2. The predicted molar refractivity (Wildman–Crippen MR) is 106 cm³/mol. The van der Waals surface area contributed by atoms with Gasteiger partial charge in [-0.3, -0.25) is 9.59 Å². The predicted octanol–water partition coefficient (Wildman–Crippen LogP) is 4.75. The molecule has 3 aromatic carbocycles. The van der Waals surface area contributed by atoms with Gasteiger partial charge in [-0.2, -0.15) is 0 Å². The Bertz CT molecular complexity index is 979. The van der Waals surface area contributed by atoms with Crippen LogP contribution in [0.15, 0.2) is 72.8 Å². The van der Waals surface area contributed by atoms with Gasteiger partial charge in [-0.25, -0.2) is 4.39 Å². The van der Waals surface area contributed by atoms with Gasteiger partial charge in [-0.15, -0.1) is 0 Å². The second kappa shape index (κ2) is 9.01. The van der Waals surface area contributed by atoms with Crippen LogP contribution in [0.4, 0.5) is 15.8 Å². The van der Waals surface area contributed by atoms with Gasteiger partial charge in [-0.1, -0.05) is 29.8 Å². The Kier molecular flexibility index (Phi) is 6.24. The van der Waals surface area contributed by atoms with Crippen molar-refractivity contribution in [1.29, 1.82) is 0 Å². The number of hydrogen-bond donors (Lipinski definition) is 2. The van der Waals surface area contributed by atoms with Crippen LogP contribution in [0, 0.1) is 5.82 Å². The van der Waals surface area contributed by atoms with Crippen molar-refractivity contribution < 1.29 is 18.7 Å². The SMILES string of the molecule is O=C(COc1ccccc1)Nc1cc(C(=O)Nc2ccc(F)cc2)ccc1Cl. The zero-order valence-corrected chi connectivity index (χ0v) is 15.4. The molecule has 142 valence electrons. The van der Waals surface area contributed by atoms with E-state index in [0.717, 1.165) is 0 Å². The van der Waals surface area contributed by atoms with E-state index in [2.05, 4.69) is 10.6 Å². The lowest BCUT2D eigenvalue weighted by molar-refractivity contribution is -0.118.